The van der Waals surface area contributed by atoms with Gasteiger partial charge in [-0.2, -0.15) is 0 Å². The Morgan fingerprint density at radius 1 is 1.15 bits per heavy atom. The van der Waals surface area contributed by atoms with Gasteiger partial charge in [0.15, 0.2) is 0 Å². The highest BCUT2D eigenvalue weighted by Gasteiger charge is 2.24. The smallest absolute Gasteiger partial charge is 0.349 e. The van der Waals surface area contributed by atoms with Gasteiger partial charge in [0.2, 0.25) is 6.10 Å². The molecule has 134 valence electrons. The first-order chi connectivity index (χ1) is 12.5. The van der Waals surface area contributed by atoms with E-state index in [1.807, 2.05) is 0 Å². The fourth-order valence-electron chi connectivity index (χ4n) is 2.75. The Morgan fingerprint density at radius 3 is 2.54 bits per heavy atom. The van der Waals surface area contributed by atoms with Crippen molar-refractivity contribution in [2.45, 2.75) is 20.0 Å². The van der Waals surface area contributed by atoms with Gasteiger partial charge >= 0.3 is 11.9 Å². The first kappa shape index (κ1) is 17.5. The zero-order chi connectivity index (χ0) is 18.7. The number of carbonyl (C=O) groups is 2. The molecule has 6 nitrogen and oxygen atoms in total. The van der Waals surface area contributed by atoms with Crippen LogP contribution in [-0.4, -0.2) is 23.7 Å². The lowest BCUT2D eigenvalue weighted by molar-refractivity contribution is -0.145. The number of aryl methyl sites for hydroxylation is 1. The number of carboxylic acids is 1. The van der Waals surface area contributed by atoms with Crippen molar-refractivity contribution in [1.29, 1.82) is 0 Å². The molecule has 3 rings (SSSR count). The number of carboxylic acid groups (broad SMARTS) is 1. The average molecular weight is 354 g/mol. The molecule has 0 aliphatic rings. The third-order valence-electron chi connectivity index (χ3n) is 3.90. The monoisotopic (exact) mass is 354 g/mol. The molecule has 1 N–H and O–H groups in total. The van der Waals surface area contributed by atoms with Crippen LogP contribution in [0.4, 0.5) is 0 Å². The lowest BCUT2D eigenvalue weighted by Crippen LogP contribution is -2.18. The number of benzene rings is 2. The molecule has 26 heavy (non-hydrogen) atoms. The Balaban J connectivity index is 1.99. The summed E-state index contributed by atoms with van der Waals surface area (Å²) in [7, 11) is 0. The van der Waals surface area contributed by atoms with Crippen LogP contribution in [0.3, 0.4) is 0 Å². The molecule has 0 fully saturated rings. The number of carbonyl (C=O) groups excluding carboxylic acids is 1. The molecule has 0 saturated carbocycles. The van der Waals surface area contributed by atoms with E-state index < -0.39 is 18.0 Å². The van der Waals surface area contributed by atoms with Crippen LogP contribution in [0.2, 0.25) is 0 Å². The molecule has 2 aromatic carbocycles. The van der Waals surface area contributed by atoms with E-state index >= 15 is 0 Å². The summed E-state index contributed by atoms with van der Waals surface area (Å²) in [6, 6.07) is 13.5. The van der Waals surface area contributed by atoms with Crippen LogP contribution >= 0.6 is 0 Å². The fraction of sp³-hybridized carbons (Fsp3) is 0.200. The fourth-order valence-corrected chi connectivity index (χ4v) is 2.75. The van der Waals surface area contributed by atoms with Crippen LogP contribution in [0.1, 0.15) is 34.7 Å². The zero-order valence-corrected chi connectivity index (χ0v) is 14.4. The van der Waals surface area contributed by atoms with Crippen molar-refractivity contribution in [2.24, 2.45) is 0 Å². The van der Waals surface area contributed by atoms with Gasteiger partial charge in [0.1, 0.15) is 22.7 Å². The van der Waals surface area contributed by atoms with Crippen LogP contribution < -0.4 is 4.74 Å². The summed E-state index contributed by atoms with van der Waals surface area (Å²) in [6.07, 6.45) is -1.16. The zero-order valence-electron chi connectivity index (χ0n) is 14.4. The average Bonchev–Trinajstić information content (AvgIpc) is 2.95. The molecule has 1 heterocycles. The minimum absolute atomic E-state index is 0.246. The highest BCUT2D eigenvalue weighted by Crippen LogP contribution is 2.31. The molecule has 0 amide bonds. The lowest BCUT2D eigenvalue weighted by atomic mass is 10.1. The highest BCUT2D eigenvalue weighted by atomic mass is 16.5. The van der Waals surface area contributed by atoms with Gasteiger partial charge in [0.05, 0.1) is 6.61 Å². The van der Waals surface area contributed by atoms with Crippen LogP contribution in [0.25, 0.3) is 11.0 Å². The van der Waals surface area contributed by atoms with Crippen molar-refractivity contribution in [3.63, 3.8) is 0 Å². The lowest BCUT2D eigenvalue weighted by Gasteiger charge is -2.15. The van der Waals surface area contributed by atoms with E-state index in [0.717, 1.165) is 0 Å². The van der Waals surface area contributed by atoms with Crippen molar-refractivity contribution in [2.75, 3.05) is 6.61 Å². The number of fused-ring (bicyclic) bond motifs is 1. The molecule has 3 aromatic rings. The summed E-state index contributed by atoms with van der Waals surface area (Å²) in [4.78, 5) is 23.8. The van der Waals surface area contributed by atoms with Gasteiger partial charge in [0.25, 0.3) is 0 Å². The van der Waals surface area contributed by atoms with Gasteiger partial charge < -0.3 is 19.0 Å². The number of aliphatic carboxylic acids is 1. The highest BCUT2D eigenvalue weighted by molar-refractivity contribution is 6.04. The standard InChI is InChI=1S/C20H18O6/c1-3-24-20(23)17-12(2)25-16-10-9-14(11-15(16)17)26-18(19(21)22)13-7-5-4-6-8-13/h4-11,18H,3H2,1-2H3,(H,21,22)/t18-/m1/s1. The summed E-state index contributed by atoms with van der Waals surface area (Å²) in [5, 5.41) is 10.0. The quantitative estimate of drug-likeness (QED) is 0.670. The maximum Gasteiger partial charge on any atom is 0.349 e. The van der Waals surface area contributed by atoms with Gasteiger partial charge in [-0.3, -0.25) is 0 Å². The maximum absolute atomic E-state index is 12.2. The van der Waals surface area contributed by atoms with Crippen LogP contribution in [0.5, 0.6) is 5.75 Å². The Morgan fingerprint density at radius 2 is 1.88 bits per heavy atom. The summed E-state index contributed by atoms with van der Waals surface area (Å²) in [5.74, 6) is -0.836. The van der Waals surface area contributed by atoms with Crippen LogP contribution in [0, 0.1) is 6.92 Å². The number of esters is 1. The summed E-state index contributed by atoms with van der Waals surface area (Å²) in [6.45, 7) is 3.65. The Bertz CT molecular complexity index is 942. The molecular weight excluding hydrogens is 336 g/mol. The molecule has 0 saturated heterocycles. The molecule has 1 atom stereocenters. The topological polar surface area (TPSA) is 86.0 Å². The van der Waals surface area contributed by atoms with Gasteiger partial charge in [-0.1, -0.05) is 30.3 Å². The third kappa shape index (κ3) is 3.39. The Kier molecular flexibility index (Phi) is 4.93. The van der Waals surface area contributed by atoms with Gasteiger partial charge in [0, 0.05) is 10.9 Å². The minimum Gasteiger partial charge on any atom is -0.478 e. The van der Waals surface area contributed by atoms with Gasteiger partial charge in [-0.15, -0.1) is 0 Å². The molecule has 1 aromatic heterocycles. The number of hydrogen-bond acceptors (Lipinski definition) is 5. The number of furan rings is 1. The molecule has 0 bridgehead atoms. The molecule has 0 radical (unpaired) electrons. The molecule has 0 aliphatic carbocycles. The summed E-state index contributed by atoms with van der Waals surface area (Å²) in [5.41, 5.74) is 1.34. The van der Waals surface area contributed by atoms with E-state index in [4.69, 9.17) is 13.9 Å². The van der Waals surface area contributed by atoms with Crippen molar-refractivity contribution >= 4 is 22.9 Å². The summed E-state index contributed by atoms with van der Waals surface area (Å²) < 4.78 is 16.3. The normalized spacial score (nSPS) is 11.9. The van der Waals surface area contributed by atoms with Gasteiger partial charge in [-0.05, 0) is 32.0 Å². The van der Waals surface area contributed by atoms with Crippen LogP contribution in [-0.2, 0) is 9.53 Å². The number of ether oxygens (including phenoxy) is 2. The molecule has 0 spiro atoms. The maximum atomic E-state index is 12.2. The largest absolute Gasteiger partial charge is 0.478 e. The van der Waals surface area contributed by atoms with E-state index in [9.17, 15) is 14.7 Å². The molecule has 0 unspecified atom stereocenters. The second-order valence-electron chi connectivity index (χ2n) is 5.66. The van der Waals surface area contributed by atoms with Crippen molar-refractivity contribution in [1.82, 2.24) is 0 Å². The van der Waals surface area contributed by atoms with E-state index in [1.54, 1.807) is 62.4 Å². The van der Waals surface area contributed by atoms with Crippen molar-refractivity contribution in [3.05, 3.63) is 65.4 Å². The van der Waals surface area contributed by atoms with Crippen molar-refractivity contribution < 1.29 is 28.6 Å². The van der Waals surface area contributed by atoms with E-state index in [-0.39, 0.29) is 6.61 Å². The van der Waals surface area contributed by atoms with E-state index in [2.05, 4.69) is 0 Å². The minimum atomic E-state index is -1.16. The summed E-state index contributed by atoms with van der Waals surface area (Å²) >= 11 is 0. The predicted molar refractivity (Wildman–Crippen MR) is 94.4 cm³/mol. The van der Waals surface area contributed by atoms with Gasteiger partial charge in [-0.25, -0.2) is 9.59 Å². The van der Waals surface area contributed by atoms with E-state index in [1.165, 1.54) is 0 Å². The SMILES string of the molecule is CCOC(=O)c1c(C)oc2ccc(O[C@@H](C(=O)O)c3ccccc3)cc12. The van der Waals surface area contributed by atoms with Crippen molar-refractivity contribution in [3.8, 4) is 5.75 Å². The first-order valence-corrected chi connectivity index (χ1v) is 8.16. The second-order valence-corrected chi connectivity index (χ2v) is 5.66. The third-order valence-corrected chi connectivity index (χ3v) is 3.90. The molecular formula is C20H18O6. The van der Waals surface area contributed by atoms with Crippen LogP contribution in [0.15, 0.2) is 52.9 Å². The Hall–Kier alpha value is -3.28. The first-order valence-electron chi connectivity index (χ1n) is 8.16. The Labute approximate surface area is 149 Å². The number of hydrogen-bond donors (Lipinski definition) is 1. The second kappa shape index (κ2) is 7.31. The molecule has 0 aliphatic heterocycles. The number of rotatable bonds is 6. The predicted octanol–water partition coefficient (Wildman–Crippen LogP) is 4.12. The molecule has 6 heteroatoms. The van der Waals surface area contributed by atoms with E-state index in [0.29, 0.717) is 33.6 Å².